The first-order valence-corrected chi connectivity index (χ1v) is 7.59. The summed E-state index contributed by atoms with van der Waals surface area (Å²) in [7, 11) is 0. The molecule has 0 N–H and O–H groups in total. The number of nitro groups is 1. The Bertz CT molecular complexity index is 664. The lowest BCUT2D eigenvalue weighted by Gasteiger charge is -2.08. The van der Waals surface area contributed by atoms with E-state index in [1.807, 2.05) is 6.07 Å². The fraction of sp³-hybridized carbons (Fsp3) is 0.0769. The molecule has 0 radical (unpaired) electrons. The molecule has 0 unspecified atom stereocenters. The van der Waals surface area contributed by atoms with Crippen molar-refractivity contribution in [2.45, 2.75) is 5.88 Å². The molecule has 2 aromatic rings. The Kier molecular flexibility index (Phi) is 5.01. The van der Waals surface area contributed by atoms with Gasteiger partial charge in [-0.2, -0.15) is 0 Å². The van der Waals surface area contributed by atoms with Crippen LogP contribution in [0.1, 0.15) is 5.56 Å². The summed E-state index contributed by atoms with van der Waals surface area (Å²) in [6.45, 7) is 0. The number of non-ortho nitro benzene ring substituents is 1. The zero-order valence-electron chi connectivity index (χ0n) is 9.98. The van der Waals surface area contributed by atoms with Crippen LogP contribution < -0.4 is 4.74 Å². The highest BCUT2D eigenvalue weighted by Crippen LogP contribution is 2.32. The molecule has 20 heavy (non-hydrogen) atoms. The van der Waals surface area contributed by atoms with Crippen LogP contribution in [-0.2, 0) is 5.88 Å². The quantitative estimate of drug-likeness (QED) is 0.364. The second-order valence-electron chi connectivity index (χ2n) is 3.89. The topological polar surface area (TPSA) is 52.4 Å². The first kappa shape index (κ1) is 15.3. The van der Waals surface area contributed by atoms with Gasteiger partial charge in [0.1, 0.15) is 11.5 Å². The summed E-state index contributed by atoms with van der Waals surface area (Å²) in [4.78, 5) is 10.3. The van der Waals surface area contributed by atoms with Gasteiger partial charge in [0.2, 0.25) is 0 Å². The van der Waals surface area contributed by atoms with E-state index in [1.54, 1.807) is 18.2 Å². The van der Waals surface area contributed by atoms with Crippen LogP contribution in [0.5, 0.6) is 11.5 Å². The van der Waals surface area contributed by atoms with Crippen molar-refractivity contribution in [2.24, 2.45) is 0 Å². The van der Waals surface area contributed by atoms with Crippen molar-refractivity contribution in [3.63, 3.8) is 0 Å². The highest BCUT2D eigenvalue weighted by Gasteiger charge is 2.10. The van der Waals surface area contributed by atoms with Crippen molar-refractivity contribution < 1.29 is 9.66 Å². The van der Waals surface area contributed by atoms with Crippen LogP contribution >= 0.6 is 43.5 Å². The number of hydrogen-bond acceptors (Lipinski definition) is 3. The van der Waals surface area contributed by atoms with E-state index in [9.17, 15) is 10.1 Å². The van der Waals surface area contributed by atoms with Crippen LogP contribution in [0.15, 0.2) is 45.3 Å². The average molecular weight is 421 g/mol. The third-order valence-corrected chi connectivity index (χ3v) is 3.96. The molecular formula is C13H8Br2ClNO3. The van der Waals surface area contributed by atoms with Crippen molar-refractivity contribution in [1.82, 2.24) is 0 Å². The monoisotopic (exact) mass is 419 g/mol. The lowest BCUT2D eigenvalue weighted by atomic mass is 10.2. The van der Waals surface area contributed by atoms with E-state index < -0.39 is 4.92 Å². The minimum absolute atomic E-state index is 0.0363. The van der Waals surface area contributed by atoms with E-state index in [-0.39, 0.29) is 5.69 Å². The van der Waals surface area contributed by atoms with Crippen molar-refractivity contribution >= 4 is 49.1 Å². The van der Waals surface area contributed by atoms with Gasteiger partial charge in [0.05, 0.1) is 11.0 Å². The van der Waals surface area contributed by atoms with Crippen LogP contribution in [-0.4, -0.2) is 4.92 Å². The predicted molar refractivity (Wildman–Crippen MR) is 84.6 cm³/mol. The number of alkyl halides is 1. The van der Waals surface area contributed by atoms with Crippen LogP contribution in [0.3, 0.4) is 0 Å². The maximum absolute atomic E-state index is 10.8. The Balaban J connectivity index is 2.30. The molecule has 0 spiro atoms. The number of ether oxygens (including phenoxy) is 1. The molecule has 0 saturated heterocycles. The molecule has 0 bridgehead atoms. The first-order valence-electron chi connectivity index (χ1n) is 5.47. The van der Waals surface area contributed by atoms with Crippen LogP contribution in [0.25, 0.3) is 0 Å². The molecule has 2 rings (SSSR count). The fourth-order valence-electron chi connectivity index (χ4n) is 1.55. The highest BCUT2D eigenvalue weighted by molar-refractivity contribution is 9.10. The van der Waals surface area contributed by atoms with Crippen molar-refractivity contribution in [1.29, 1.82) is 0 Å². The number of halogens is 3. The van der Waals surface area contributed by atoms with E-state index in [1.165, 1.54) is 12.1 Å². The minimum atomic E-state index is -0.468. The molecule has 0 fully saturated rings. The molecule has 2 aromatic carbocycles. The molecule has 7 heteroatoms. The molecule has 0 aliphatic carbocycles. The largest absolute Gasteiger partial charge is 0.457 e. The van der Waals surface area contributed by atoms with Crippen molar-refractivity contribution in [3.8, 4) is 11.5 Å². The Hall–Kier alpha value is -1.11. The summed E-state index contributed by atoms with van der Waals surface area (Å²) in [6, 6.07) is 9.81. The SMILES string of the molecule is O=[N+]([O-])c1cc(Br)cc(Oc2ccc(CCl)c(Br)c2)c1. The predicted octanol–water partition coefficient (Wildman–Crippen LogP) is 5.65. The maximum Gasteiger partial charge on any atom is 0.274 e. The van der Waals surface area contributed by atoms with Gasteiger partial charge in [-0.05, 0) is 23.8 Å². The number of nitrogens with zero attached hydrogens (tertiary/aromatic N) is 1. The highest BCUT2D eigenvalue weighted by atomic mass is 79.9. The summed E-state index contributed by atoms with van der Waals surface area (Å²) >= 11 is 12.4. The molecule has 0 aliphatic rings. The zero-order valence-corrected chi connectivity index (χ0v) is 13.9. The number of nitro benzene ring substituents is 1. The summed E-state index contributed by atoms with van der Waals surface area (Å²) in [5, 5.41) is 10.8. The normalized spacial score (nSPS) is 10.3. The summed E-state index contributed by atoms with van der Waals surface area (Å²) in [5.41, 5.74) is 0.907. The molecule has 0 heterocycles. The second kappa shape index (κ2) is 6.56. The molecule has 0 atom stereocenters. The van der Waals surface area contributed by atoms with E-state index in [0.717, 1.165) is 10.0 Å². The van der Waals surface area contributed by atoms with Gasteiger partial charge in [-0.15, -0.1) is 11.6 Å². The second-order valence-corrected chi connectivity index (χ2v) is 5.93. The summed E-state index contributed by atoms with van der Waals surface area (Å²) in [6.07, 6.45) is 0. The Morgan fingerprint density at radius 3 is 2.50 bits per heavy atom. The molecule has 104 valence electrons. The van der Waals surface area contributed by atoms with E-state index in [0.29, 0.717) is 21.9 Å². The van der Waals surface area contributed by atoms with E-state index in [2.05, 4.69) is 31.9 Å². The maximum atomic E-state index is 10.8. The Morgan fingerprint density at radius 1 is 1.15 bits per heavy atom. The molecule has 0 aliphatic heterocycles. The lowest BCUT2D eigenvalue weighted by molar-refractivity contribution is -0.385. The van der Waals surface area contributed by atoms with Gasteiger partial charge < -0.3 is 4.74 Å². The van der Waals surface area contributed by atoms with Crippen LogP contribution in [0, 0.1) is 10.1 Å². The van der Waals surface area contributed by atoms with Crippen molar-refractivity contribution in [2.75, 3.05) is 0 Å². The third kappa shape index (κ3) is 3.71. The van der Waals surface area contributed by atoms with Gasteiger partial charge in [0.15, 0.2) is 0 Å². The van der Waals surface area contributed by atoms with E-state index >= 15 is 0 Å². The van der Waals surface area contributed by atoms with Gasteiger partial charge >= 0.3 is 0 Å². The number of hydrogen-bond donors (Lipinski definition) is 0. The Morgan fingerprint density at radius 2 is 1.90 bits per heavy atom. The summed E-state index contributed by atoms with van der Waals surface area (Å²) < 4.78 is 7.03. The van der Waals surface area contributed by atoms with Gasteiger partial charge in [-0.1, -0.05) is 37.9 Å². The lowest BCUT2D eigenvalue weighted by Crippen LogP contribution is -1.91. The molecular weight excluding hydrogens is 413 g/mol. The molecule has 4 nitrogen and oxygen atoms in total. The molecule has 0 amide bonds. The van der Waals surface area contributed by atoms with Gasteiger partial charge in [-0.3, -0.25) is 10.1 Å². The van der Waals surface area contributed by atoms with Crippen LogP contribution in [0.2, 0.25) is 0 Å². The Labute approximate surface area is 137 Å². The van der Waals surface area contributed by atoms with Crippen LogP contribution in [0.4, 0.5) is 5.69 Å². The van der Waals surface area contributed by atoms with Crippen molar-refractivity contribution in [3.05, 3.63) is 61.0 Å². The van der Waals surface area contributed by atoms with Gasteiger partial charge in [-0.25, -0.2) is 0 Å². The smallest absolute Gasteiger partial charge is 0.274 e. The number of rotatable bonds is 4. The average Bonchev–Trinajstić information content (AvgIpc) is 2.38. The van der Waals surface area contributed by atoms with Gasteiger partial charge in [0.25, 0.3) is 5.69 Å². The molecule has 0 saturated carbocycles. The van der Waals surface area contributed by atoms with E-state index in [4.69, 9.17) is 16.3 Å². The fourth-order valence-corrected chi connectivity index (χ4v) is 2.90. The minimum Gasteiger partial charge on any atom is -0.457 e. The molecule has 0 aromatic heterocycles. The summed E-state index contributed by atoms with van der Waals surface area (Å²) in [5.74, 6) is 1.35. The number of benzene rings is 2. The van der Waals surface area contributed by atoms with Gasteiger partial charge in [0, 0.05) is 20.9 Å². The third-order valence-electron chi connectivity index (χ3n) is 2.47. The standard InChI is InChI=1S/C13H8Br2ClNO3/c14-9-3-10(17(18)19)5-12(4-9)20-11-2-1-8(7-16)13(15)6-11/h1-6H,7H2. The first-order chi connectivity index (χ1) is 9.49. The zero-order chi connectivity index (χ0) is 14.7.